The zero-order valence-electron chi connectivity index (χ0n) is 19.0. The fraction of sp³-hybridized carbons (Fsp3) is 0.348. The predicted molar refractivity (Wildman–Crippen MR) is 126 cm³/mol. The third-order valence-electron chi connectivity index (χ3n) is 5.99. The van der Waals surface area contributed by atoms with Crippen LogP contribution in [0.5, 0.6) is 5.75 Å². The highest BCUT2D eigenvalue weighted by atomic mass is 32.2. The summed E-state index contributed by atoms with van der Waals surface area (Å²) >= 11 is 0. The van der Waals surface area contributed by atoms with Gasteiger partial charge >= 0.3 is 5.69 Å². The summed E-state index contributed by atoms with van der Waals surface area (Å²) in [5.74, 6) is 0.298. The molecule has 3 aromatic rings. The molecule has 0 unspecified atom stereocenters. The average Bonchev–Trinajstić information content (AvgIpc) is 3.39. The van der Waals surface area contributed by atoms with E-state index in [1.54, 1.807) is 29.2 Å². The summed E-state index contributed by atoms with van der Waals surface area (Å²) in [6.07, 6.45) is 1.78. The van der Waals surface area contributed by atoms with Crippen LogP contribution in [0.3, 0.4) is 0 Å². The van der Waals surface area contributed by atoms with Crippen LogP contribution >= 0.6 is 0 Å². The van der Waals surface area contributed by atoms with Crippen molar-refractivity contribution in [1.29, 1.82) is 0 Å². The van der Waals surface area contributed by atoms with Gasteiger partial charge in [-0.25, -0.2) is 17.9 Å². The summed E-state index contributed by atoms with van der Waals surface area (Å²) in [6, 6.07) is 11.0. The van der Waals surface area contributed by atoms with Crippen molar-refractivity contribution in [3.8, 4) is 5.75 Å². The van der Waals surface area contributed by atoms with Gasteiger partial charge in [0, 0.05) is 26.7 Å². The third kappa shape index (κ3) is 4.62. The molecule has 0 radical (unpaired) electrons. The molecule has 0 bridgehead atoms. The number of carbonyl (C=O) groups excluding carboxylic acids is 1. The molecular weight excluding hydrogens is 460 g/mol. The minimum absolute atomic E-state index is 0.0272. The number of nitrogens with one attached hydrogen (secondary N) is 1. The zero-order chi connectivity index (χ0) is 24.5. The fourth-order valence-corrected chi connectivity index (χ4v) is 5.09. The highest BCUT2D eigenvalue weighted by Gasteiger charge is 2.22. The van der Waals surface area contributed by atoms with Crippen LogP contribution in [-0.4, -0.2) is 48.6 Å². The van der Waals surface area contributed by atoms with E-state index in [1.165, 1.54) is 36.9 Å². The van der Waals surface area contributed by atoms with E-state index in [-0.39, 0.29) is 34.8 Å². The number of likely N-dealkylation sites (tertiary alicyclic amines) is 1. The van der Waals surface area contributed by atoms with Gasteiger partial charge in [-0.05, 0) is 48.7 Å². The Morgan fingerprint density at radius 1 is 1.09 bits per heavy atom. The number of aromatic nitrogens is 2. The molecule has 34 heavy (non-hydrogen) atoms. The second kappa shape index (κ2) is 9.43. The molecule has 180 valence electrons. The maximum Gasteiger partial charge on any atom is 0.331 e. The highest BCUT2D eigenvalue weighted by Crippen LogP contribution is 2.17. The van der Waals surface area contributed by atoms with Gasteiger partial charge in [0.2, 0.25) is 15.9 Å². The van der Waals surface area contributed by atoms with Gasteiger partial charge in [0.25, 0.3) is 5.56 Å². The Kier molecular flexibility index (Phi) is 6.58. The molecular formula is C23H26N4O6S. The molecule has 10 nitrogen and oxygen atoms in total. The molecule has 0 spiro atoms. The predicted octanol–water partition coefficient (Wildman–Crippen LogP) is 0.810. The molecule has 11 heteroatoms. The molecule has 0 saturated carbocycles. The van der Waals surface area contributed by atoms with E-state index in [0.717, 1.165) is 17.4 Å². The lowest BCUT2D eigenvalue weighted by molar-refractivity contribution is -0.130. The SMILES string of the molecule is COc1cccc(CNS(=O)(=O)c2ccc3c(c2)c(=O)n(CC(=O)N2CCCC2)c(=O)n3C)c1. The van der Waals surface area contributed by atoms with Gasteiger partial charge in [-0.3, -0.25) is 18.7 Å². The van der Waals surface area contributed by atoms with Crippen LogP contribution in [-0.2, 0) is 35.0 Å². The molecule has 1 saturated heterocycles. The third-order valence-corrected chi connectivity index (χ3v) is 7.38. The summed E-state index contributed by atoms with van der Waals surface area (Å²) in [7, 11) is -0.952. The maximum atomic E-state index is 13.1. The maximum absolute atomic E-state index is 13.1. The summed E-state index contributed by atoms with van der Waals surface area (Å²) in [5, 5.41) is 0.0422. The second-order valence-electron chi connectivity index (χ2n) is 8.18. The lowest BCUT2D eigenvalue weighted by atomic mass is 10.2. The van der Waals surface area contributed by atoms with E-state index in [0.29, 0.717) is 24.4 Å². The first-order valence-electron chi connectivity index (χ1n) is 10.9. The van der Waals surface area contributed by atoms with Crippen LogP contribution in [0.25, 0.3) is 10.9 Å². The summed E-state index contributed by atoms with van der Waals surface area (Å²) < 4.78 is 35.6. The number of sulfonamides is 1. The average molecular weight is 487 g/mol. The van der Waals surface area contributed by atoms with E-state index in [1.807, 2.05) is 0 Å². The molecule has 4 rings (SSSR count). The number of fused-ring (bicyclic) bond motifs is 1. The number of benzene rings is 2. The molecule has 0 atom stereocenters. The van der Waals surface area contributed by atoms with Crippen molar-refractivity contribution in [2.75, 3.05) is 20.2 Å². The quantitative estimate of drug-likeness (QED) is 0.528. The van der Waals surface area contributed by atoms with Crippen LogP contribution in [0, 0.1) is 0 Å². The smallest absolute Gasteiger partial charge is 0.331 e. The van der Waals surface area contributed by atoms with E-state index in [9.17, 15) is 22.8 Å². The minimum Gasteiger partial charge on any atom is -0.497 e. The highest BCUT2D eigenvalue weighted by molar-refractivity contribution is 7.89. The molecule has 1 aliphatic rings. The van der Waals surface area contributed by atoms with Crippen molar-refractivity contribution in [3.05, 3.63) is 68.9 Å². The molecule has 1 fully saturated rings. The first kappa shape index (κ1) is 23.7. The van der Waals surface area contributed by atoms with Gasteiger partial charge in [0.05, 0.1) is 22.9 Å². The standard InChI is InChI=1S/C23H26N4O6S/c1-25-20-9-8-18(34(31,32)24-14-16-6-5-7-17(12-16)33-2)13-19(20)22(29)27(23(25)30)15-21(28)26-10-3-4-11-26/h5-9,12-13,24H,3-4,10-11,14-15H2,1-2H3. The molecule has 1 aromatic heterocycles. The number of methoxy groups -OCH3 is 1. The Balaban J connectivity index is 1.67. The Hall–Kier alpha value is -3.44. The van der Waals surface area contributed by atoms with E-state index in [2.05, 4.69) is 4.72 Å². The van der Waals surface area contributed by atoms with Crippen LogP contribution < -0.4 is 20.7 Å². The molecule has 0 aliphatic carbocycles. The molecule has 2 aromatic carbocycles. The number of hydrogen-bond acceptors (Lipinski definition) is 6. The van der Waals surface area contributed by atoms with Crippen molar-refractivity contribution in [1.82, 2.24) is 18.8 Å². The van der Waals surface area contributed by atoms with Crippen LogP contribution in [0.4, 0.5) is 0 Å². The summed E-state index contributed by atoms with van der Waals surface area (Å²) in [4.78, 5) is 40.0. The number of ether oxygens (including phenoxy) is 1. The van der Waals surface area contributed by atoms with E-state index >= 15 is 0 Å². The van der Waals surface area contributed by atoms with Gasteiger partial charge in [0.1, 0.15) is 12.3 Å². The van der Waals surface area contributed by atoms with E-state index in [4.69, 9.17) is 4.74 Å². The van der Waals surface area contributed by atoms with Gasteiger partial charge in [0.15, 0.2) is 0 Å². The van der Waals surface area contributed by atoms with Crippen LogP contribution in [0.1, 0.15) is 18.4 Å². The second-order valence-corrected chi connectivity index (χ2v) is 9.94. The van der Waals surface area contributed by atoms with Crippen molar-refractivity contribution in [2.24, 2.45) is 7.05 Å². The lowest BCUT2D eigenvalue weighted by Gasteiger charge is -2.17. The first-order chi connectivity index (χ1) is 16.2. The minimum atomic E-state index is -3.96. The van der Waals surface area contributed by atoms with Crippen LogP contribution in [0.15, 0.2) is 56.9 Å². The Morgan fingerprint density at radius 2 is 1.82 bits per heavy atom. The van der Waals surface area contributed by atoms with Crippen molar-refractivity contribution < 1.29 is 17.9 Å². The number of nitrogens with zero attached hydrogens (tertiary/aromatic N) is 3. The monoisotopic (exact) mass is 486 g/mol. The zero-order valence-corrected chi connectivity index (χ0v) is 19.8. The summed E-state index contributed by atoms with van der Waals surface area (Å²) in [5.41, 5.74) is -0.340. The normalized spacial score (nSPS) is 14.0. The molecule has 1 amide bonds. The summed E-state index contributed by atoms with van der Waals surface area (Å²) in [6.45, 7) is 0.845. The van der Waals surface area contributed by atoms with Gasteiger partial charge < -0.3 is 9.64 Å². The molecule has 2 heterocycles. The molecule has 1 aliphatic heterocycles. The number of amides is 1. The van der Waals surface area contributed by atoms with Crippen LogP contribution in [0.2, 0.25) is 0 Å². The van der Waals surface area contributed by atoms with E-state index < -0.39 is 21.3 Å². The number of carbonyl (C=O) groups is 1. The number of aryl methyl sites for hydroxylation is 1. The van der Waals surface area contributed by atoms with Gasteiger partial charge in [-0.15, -0.1) is 0 Å². The van der Waals surface area contributed by atoms with Gasteiger partial charge in [-0.2, -0.15) is 0 Å². The Morgan fingerprint density at radius 3 is 2.53 bits per heavy atom. The van der Waals surface area contributed by atoms with Crippen molar-refractivity contribution >= 4 is 26.8 Å². The first-order valence-corrected chi connectivity index (χ1v) is 12.3. The van der Waals surface area contributed by atoms with Crippen molar-refractivity contribution in [3.63, 3.8) is 0 Å². The number of hydrogen-bond donors (Lipinski definition) is 1. The molecule has 1 N–H and O–H groups in total. The Labute approximate surface area is 196 Å². The van der Waals surface area contributed by atoms with Gasteiger partial charge in [-0.1, -0.05) is 12.1 Å². The number of rotatable bonds is 7. The fourth-order valence-electron chi connectivity index (χ4n) is 4.05. The topological polar surface area (TPSA) is 120 Å². The largest absolute Gasteiger partial charge is 0.497 e. The lowest BCUT2D eigenvalue weighted by Crippen LogP contribution is -2.43. The van der Waals surface area contributed by atoms with Crippen molar-refractivity contribution in [2.45, 2.75) is 30.8 Å². The Bertz CT molecular complexity index is 1470.